The molecule has 0 saturated carbocycles. The summed E-state index contributed by atoms with van der Waals surface area (Å²) in [6.45, 7) is 10.9. The topological polar surface area (TPSA) is 35.1 Å². The van der Waals surface area contributed by atoms with Gasteiger partial charge in [0.15, 0.2) is 0 Å². The molecule has 0 fully saturated rings. The monoisotopic (exact) mass is 320 g/mol. The number of nitrogens with one attached hydrogen (secondary N) is 1. The van der Waals surface area contributed by atoms with Crippen molar-refractivity contribution >= 4 is 11.4 Å². The zero-order valence-corrected chi connectivity index (χ0v) is 13.5. The van der Waals surface area contributed by atoms with Gasteiger partial charge in [-0.25, -0.2) is 0 Å². The molecule has 0 spiro atoms. The Morgan fingerprint density at radius 1 is 1.14 bits per heavy atom. The van der Waals surface area contributed by atoms with Gasteiger partial charge in [0.2, 0.25) is 0 Å². The van der Waals surface area contributed by atoms with E-state index < -0.39 is 33.4 Å². The van der Waals surface area contributed by atoms with Crippen molar-refractivity contribution < 1.29 is 17.7 Å². The van der Waals surface area contributed by atoms with Gasteiger partial charge in [-0.05, 0) is 51.8 Å². The highest BCUT2D eigenvalue weighted by molar-refractivity contribution is 7.90. The molecule has 119 valence electrons. The zero-order valence-electron chi connectivity index (χ0n) is 12.7. The van der Waals surface area contributed by atoms with E-state index in [9.17, 15) is 17.7 Å². The minimum absolute atomic E-state index is 0.274. The number of rotatable bonds is 4. The molecule has 0 aliphatic rings. The predicted molar refractivity (Wildman–Crippen MR) is 79.8 cm³/mol. The van der Waals surface area contributed by atoms with Crippen molar-refractivity contribution in [1.29, 1.82) is 0 Å². The molecule has 0 aliphatic heterocycles. The molecule has 0 aliphatic carbocycles. The summed E-state index contributed by atoms with van der Waals surface area (Å²) in [6.07, 6.45) is -4.13. The van der Waals surface area contributed by atoms with Crippen LogP contribution in [0.5, 0.6) is 0 Å². The molecule has 6 heteroatoms. The van der Waals surface area contributed by atoms with Crippen LogP contribution in [-0.4, -0.2) is 9.30 Å². The van der Waals surface area contributed by atoms with Gasteiger partial charge in [-0.3, -0.25) is 0 Å². The van der Waals surface area contributed by atoms with Gasteiger partial charge in [0.25, 0.3) is 0 Å². The zero-order chi connectivity index (χ0) is 16.5. The van der Waals surface area contributed by atoms with Crippen molar-refractivity contribution in [2.45, 2.75) is 50.6 Å². The maximum atomic E-state index is 12.8. The highest BCUT2D eigenvalue weighted by Gasteiger charge is 2.37. The molecule has 2 nitrogen and oxygen atoms in total. The lowest BCUT2D eigenvalue weighted by molar-refractivity contribution is -0.137. The van der Waals surface area contributed by atoms with Crippen LogP contribution in [-0.2, 0) is 23.1 Å². The Balaban J connectivity index is 3.14. The van der Waals surface area contributed by atoms with Crippen LogP contribution in [0, 0.1) is 6.92 Å². The first-order valence-corrected chi connectivity index (χ1v) is 7.72. The smallest absolute Gasteiger partial charge is 0.416 e. The van der Waals surface area contributed by atoms with Gasteiger partial charge in [0, 0.05) is 11.4 Å². The number of hydrogen-bond acceptors (Lipinski definition) is 2. The highest BCUT2D eigenvalue weighted by Crippen LogP contribution is 2.34. The Bertz CT molecular complexity index is 485. The lowest BCUT2D eigenvalue weighted by atomic mass is 9.89. The fourth-order valence-corrected chi connectivity index (χ4v) is 2.59. The summed E-state index contributed by atoms with van der Waals surface area (Å²) in [7, 11) is 0. The lowest BCUT2D eigenvalue weighted by Gasteiger charge is -2.34. The summed E-state index contributed by atoms with van der Waals surface area (Å²) in [5.74, 6) is 0. The van der Waals surface area contributed by atoms with Crippen LogP contribution in [0.1, 0.15) is 45.2 Å². The Morgan fingerprint density at radius 3 is 2.10 bits per heavy atom. The maximum Gasteiger partial charge on any atom is 0.416 e. The van der Waals surface area contributed by atoms with Crippen LogP contribution in [0.25, 0.3) is 0 Å². The van der Waals surface area contributed by atoms with E-state index in [0.29, 0.717) is 5.56 Å². The Labute approximate surface area is 127 Å². The third kappa shape index (κ3) is 4.63. The van der Waals surface area contributed by atoms with Crippen LogP contribution >= 0.6 is 0 Å². The third-order valence-electron chi connectivity index (χ3n) is 3.20. The van der Waals surface area contributed by atoms with Gasteiger partial charge >= 0.3 is 6.18 Å². The molecule has 1 rings (SSSR count). The fourth-order valence-electron chi connectivity index (χ4n) is 1.65. The normalized spacial score (nSPS) is 17.4. The number of halogens is 3. The van der Waals surface area contributed by atoms with Crippen LogP contribution < -0.4 is 4.72 Å². The maximum absolute atomic E-state index is 12.8. The minimum atomic E-state index is -4.40. The predicted octanol–water partition coefficient (Wildman–Crippen LogP) is 4.20. The first kappa shape index (κ1) is 18.3. The molecule has 1 radical (unpaired) electrons. The molecular formula is C15H21F3NOS. The lowest BCUT2D eigenvalue weighted by Crippen LogP contribution is -2.49. The van der Waals surface area contributed by atoms with Crippen LogP contribution in [0.3, 0.4) is 0 Å². The quantitative estimate of drug-likeness (QED) is 0.844. The summed E-state index contributed by atoms with van der Waals surface area (Å²) >= 11 is -1.41. The van der Waals surface area contributed by atoms with E-state index in [4.69, 9.17) is 0 Å². The first-order valence-electron chi connectivity index (χ1n) is 6.57. The van der Waals surface area contributed by atoms with E-state index in [0.717, 1.165) is 12.1 Å². The summed E-state index contributed by atoms with van der Waals surface area (Å²) in [5, 5.41) is 0. The fraction of sp³-hybridized carbons (Fsp3) is 0.533. The van der Waals surface area contributed by atoms with Crippen LogP contribution in [0.15, 0.2) is 24.3 Å². The molecule has 2 unspecified atom stereocenters. The second kappa shape index (κ2) is 6.18. The molecule has 0 amide bonds. The van der Waals surface area contributed by atoms with Crippen molar-refractivity contribution in [1.82, 2.24) is 4.72 Å². The molecule has 1 aromatic carbocycles. The number of hydrogen-bond donors (Lipinski definition) is 1. The second-order valence-corrected chi connectivity index (χ2v) is 8.11. The average molecular weight is 320 g/mol. The molecule has 0 bridgehead atoms. The van der Waals surface area contributed by atoms with Gasteiger partial charge in [0.05, 0.1) is 11.1 Å². The van der Waals surface area contributed by atoms with Gasteiger partial charge in [-0.2, -0.15) is 13.2 Å². The second-order valence-electron chi connectivity index (χ2n) is 6.14. The minimum Gasteiger partial charge on any atom is -0.598 e. The third-order valence-corrected chi connectivity index (χ3v) is 4.95. The van der Waals surface area contributed by atoms with Crippen molar-refractivity contribution in [3.63, 3.8) is 0 Å². The molecule has 2 atom stereocenters. The van der Waals surface area contributed by atoms with E-state index in [1.165, 1.54) is 6.07 Å². The molecule has 0 heterocycles. The SMILES string of the molecule is [CH2]CC(C)(N[S+]([O-])C(C)(C)C)c1cccc(C(F)(F)F)c1. The summed E-state index contributed by atoms with van der Waals surface area (Å²) in [4.78, 5) is 0. The van der Waals surface area contributed by atoms with Crippen molar-refractivity contribution in [2.24, 2.45) is 0 Å². The van der Waals surface area contributed by atoms with Gasteiger partial charge in [-0.1, -0.05) is 19.1 Å². The largest absolute Gasteiger partial charge is 0.598 e. The van der Waals surface area contributed by atoms with Crippen LogP contribution in [0.4, 0.5) is 13.2 Å². The molecule has 0 aromatic heterocycles. The van der Waals surface area contributed by atoms with Gasteiger partial charge in [-0.15, -0.1) is 4.72 Å². The van der Waals surface area contributed by atoms with Crippen LogP contribution in [0.2, 0.25) is 0 Å². The molecular weight excluding hydrogens is 299 g/mol. The molecule has 1 N–H and O–H groups in total. The summed E-state index contributed by atoms with van der Waals surface area (Å²) in [6, 6.07) is 5.05. The van der Waals surface area contributed by atoms with E-state index in [-0.39, 0.29) is 6.42 Å². The van der Waals surface area contributed by atoms with Gasteiger partial charge < -0.3 is 4.55 Å². The molecule has 21 heavy (non-hydrogen) atoms. The Morgan fingerprint density at radius 2 is 1.67 bits per heavy atom. The van der Waals surface area contributed by atoms with E-state index >= 15 is 0 Å². The van der Waals surface area contributed by atoms with Crippen molar-refractivity contribution in [3.8, 4) is 0 Å². The van der Waals surface area contributed by atoms with Crippen molar-refractivity contribution in [3.05, 3.63) is 42.3 Å². The highest BCUT2D eigenvalue weighted by atomic mass is 32.2. The van der Waals surface area contributed by atoms with Gasteiger partial charge in [0.1, 0.15) is 4.75 Å². The Kier molecular flexibility index (Phi) is 5.40. The molecule has 1 aromatic rings. The van der Waals surface area contributed by atoms with E-state index in [1.54, 1.807) is 33.8 Å². The number of alkyl halides is 3. The molecule has 0 saturated heterocycles. The average Bonchev–Trinajstić information content (AvgIpc) is 2.36. The van der Waals surface area contributed by atoms with Crippen molar-refractivity contribution in [2.75, 3.05) is 0 Å². The summed E-state index contributed by atoms with van der Waals surface area (Å²) < 4.78 is 53.1. The first-order chi connectivity index (χ1) is 9.40. The van der Waals surface area contributed by atoms with E-state index in [1.807, 2.05) is 0 Å². The standard InChI is InChI=1S/C15H21F3NOS/c1-6-14(5,19-21(20)13(2,3)4)11-8-7-9-12(10-11)15(16,17)18/h7-10,19H,1,6H2,2-5H3. The summed E-state index contributed by atoms with van der Waals surface area (Å²) in [5.41, 5.74) is -1.19. The van der Waals surface area contributed by atoms with E-state index in [2.05, 4.69) is 11.6 Å². The Hall–Kier alpha value is -0.720. The number of benzene rings is 1.